The number of ether oxygens (including phenoxy) is 1. The number of piperidine rings is 2. The molecule has 9 heteroatoms. The first-order valence-electron chi connectivity index (χ1n) is 10.2. The van der Waals surface area contributed by atoms with Crippen molar-refractivity contribution in [3.05, 3.63) is 34.9 Å². The van der Waals surface area contributed by atoms with E-state index in [1.54, 1.807) is 19.2 Å². The third kappa shape index (κ3) is 3.53. The van der Waals surface area contributed by atoms with Gasteiger partial charge in [0.1, 0.15) is 6.04 Å². The smallest absolute Gasteiger partial charge is 0.262 e. The number of hydrogen-bond donors (Lipinski definition) is 2. The summed E-state index contributed by atoms with van der Waals surface area (Å²) in [4.78, 5) is 53.1. The van der Waals surface area contributed by atoms with Crippen LogP contribution in [0.5, 0.6) is 0 Å². The molecule has 4 rings (SSSR count). The number of rotatable bonds is 5. The molecule has 3 unspecified atom stereocenters. The van der Waals surface area contributed by atoms with Gasteiger partial charge < -0.3 is 10.5 Å². The molecule has 3 aliphatic heterocycles. The van der Waals surface area contributed by atoms with Crippen LogP contribution in [0.4, 0.5) is 0 Å². The van der Waals surface area contributed by atoms with Crippen molar-refractivity contribution in [2.75, 3.05) is 20.2 Å². The maximum atomic E-state index is 13.2. The first kappa shape index (κ1) is 20.6. The van der Waals surface area contributed by atoms with Crippen LogP contribution in [0.15, 0.2) is 18.2 Å². The number of nitrogens with one attached hydrogen (secondary N) is 1. The summed E-state index contributed by atoms with van der Waals surface area (Å²) >= 11 is 0. The highest BCUT2D eigenvalue weighted by atomic mass is 16.5. The highest BCUT2D eigenvalue weighted by Crippen LogP contribution is 2.31. The Kier molecular flexibility index (Phi) is 5.68. The molecule has 2 fully saturated rings. The normalized spacial score (nSPS) is 27.4. The van der Waals surface area contributed by atoms with E-state index in [4.69, 9.17) is 10.5 Å². The summed E-state index contributed by atoms with van der Waals surface area (Å²) in [5.74, 6) is -1.95. The SMILES string of the molecule is COC1CCN(Cc2cccc3c2C(=O)N(C2CCC(=O)NC2=O)C3=O)C(CN)C1. The lowest BCUT2D eigenvalue weighted by Crippen LogP contribution is -2.54. The number of likely N-dealkylation sites (tertiary alicyclic amines) is 1. The van der Waals surface area contributed by atoms with E-state index in [-0.39, 0.29) is 30.9 Å². The van der Waals surface area contributed by atoms with Crippen molar-refractivity contribution in [2.45, 2.75) is 50.4 Å². The molecule has 0 bridgehead atoms. The molecule has 160 valence electrons. The number of benzene rings is 1. The number of nitrogens with two attached hydrogens (primary N) is 1. The molecule has 3 heterocycles. The molecule has 0 aromatic heterocycles. The van der Waals surface area contributed by atoms with E-state index < -0.39 is 23.8 Å². The van der Waals surface area contributed by atoms with Crippen LogP contribution in [0.25, 0.3) is 0 Å². The Labute approximate surface area is 174 Å². The average Bonchev–Trinajstić information content (AvgIpc) is 3.00. The Balaban J connectivity index is 1.59. The van der Waals surface area contributed by atoms with Gasteiger partial charge in [-0.25, -0.2) is 0 Å². The van der Waals surface area contributed by atoms with Crippen LogP contribution in [-0.4, -0.2) is 71.8 Å². The summed E-state index contributed by atoms with van der Waals surface area (Å²) in [5, 5.41) is 2.22. The predicted molar refractivity (Wildman–Crippen MR) is 106 cm³/mol. The lowest BCUT2D eigenvalue weighted by molar-refractivity contribution is -0.136. The second kappa shape index (κ2) is 8.25. The van der Waals surface area contributed by atoms with E-state index in [2.05, 4.69) is 10.2 Å². The lowest BCUT2D eigenvalue weighted by atomic mass is 9.96. The molecule has 30 heavy (non-hydrogen) atoms. The van der Waals surface area contributed by atoms with Crippen molar-refractivity contribution in [3.63, 3.8) is 0 Å². The Morgan fingerprint density at radius 1 is 1.17 bits per heavy atom. The minimum atomic E-state index is -0.961. The van der Waals surface area contributed by atoms with Gasteiger partial charge in [-0.05, 0) is 30.9 Å². The zero-order chi connectivity index (χ0) is 21.4. The van der Waals surface area contributed by atoms with Crippen LogP contribution in [0.3, 0.4) is 0 Å². The number of hydrogen-bond acceptors (Lipinski definition) is 7. The molecule has 9 nitrogen and oxygen atoms in total. The average molecular weight is 414 g/mol. The monoisotopic (exact) mass is 414 g/mol. The first-order valence-corrected chi connectivity index (χ1v) is 10.2. The second-order valence-corrected chi connectivity index (χ2v) is 8.03. The predicted octanol–water partition coefficient (Wildman–Crippen LogP) is 0.0259. The van der Waals surface area contributed by atoms with Gasteiger partial charge in [-0.1, -0.05) is 12.1 Å². The molecule has 3 aliphatic rings. The zero-order valence-corrected chi connectivity index (χ0v) is 16.9. The largest absolute Gasteiger partial charge is 0.381 e. The van der Waals surface area contributed by atoms with Crippen LogP contribution >= 0.6 is 0 Å². The van der Waals surface area contributed by atoms with Crippen molar-refractivity contribution in [3.8, 4) is 0 Å². The lowest BCUT2D eigenvalue weighted by Gasteiger charge is -2.38. The Hall–Kier alpha value is -2.62. The standard InChI is InChI=1S/C21H26N4O5/c1-30-14-7-8-24(13(9-14)10-22)11-12-3-2-4-15-18(12)21(29)25(20(15)28)16-5-6-17(26)23-19(16)27/h2-4,13-14,16H,5-11,22H2,1H3,(H,23,26,27). The van der Waals surface area contributed by atoms with Crippen LogP contribution in [0, 0.1) is 0 Å². The van der Waals surface area contributed by atoms with Gasteiger partial charge in [-0.2, -0.15) is 0 Å². The molecule has 3 N–H and O–H groups in total. The summed E-state index contributed by atoms with van der Waals surface area (Å²) in [6.07, 6.45) is 2.10. The highest BCUT2D eigenvalue weighted by Gasteiger charge is 2.45. The van der Waals surface area contributed by atoms with Crippen LogP contribution < -0.4 is 11.1 Å². The molecule has 1 aromatic rings. The maximum Gasteiger partial charge on any atom is 0.262 e. The van der Waals surface area contributed by atoms with Gasteiger partial charge in [0.05, 0.1) is 17.2 Å². The summed E-state index contributed by atoms with van der Waals surface area (Å²) in [5.41, 5.74) is 7.37. The number of nitrogens with zero attached hydrogens (tertiary/aromatic N) is 2. The number of fused-ring (bicyclic) bond motifs is 1. The molecule has 2 saturated heterocycles. The maximum absolute atomic E-state index is 13.2. The molecule has 0 saturated carbocycles. The Bertz CT molecular complexity index is 901. The molecule has 1 aromatic carbocycles. The Morgan fingerprint density at radius 3 is 2.67 bits per heavy atom. The van der Waals surface area contributed by atoms with Crippen molar-refractivity contribution in [1.29, 1.82) is 0 Å². The molecule has 0 spiro atoms. The molecule has 0 radical (unpaired) electrons. The van der Waals surface area contributed by atoms with E-state index >= 15 is 0 Å². The summed E-state index contributed by atoms with van der Waals surface area (Å²) in [7, 11) is 1.70. The van der Waals surface area contributed by atoms with Crippen molar-refractivity contribution in [2.24, 2.45) is 5.73 Å². The molecule has 3 atom stereocenters. The molecular formula is C21H26N4O5. The minimum absolute atomic E-state index is 0.100. The number of carbonyl (C=O) groups excluding carboxylic acids is 4. The van der Waals surface area contributed by atoms with Crippen molar-refractivity contribution >= 4 is 23.6 Å². The third-order valence-electron chi connectivity index (χ3n) is 6.32. The van der Waals surface area contributed by atoms with Gasteiger partial charge in [0.2, 0.25) is 11.8 Å². The fourth-order valence-corrected chi connectivity index (χ4v) is 4.67. The summed E-state index contributed by atoms with van der Waals surface area (Å²) < 4.78 is 5.48. The quantitative estimate of drug-likeness (QED) is 0.652. The van der Waals surface area contributed by atoms with E-state index in [1.807, 2.05) is 6.07 Å². The topological polar surface area (TPSA) is 122 Å². The van der Waals surface area contributed by atoms with Crippen molar-refractivity contribution < 1.29 is 23.9 Å². The van der Waals surface area contributed by atoms with E-state index in [0.717, 1.165) is 29.8 Å². The van der Waals surface area contributed by atoms with Crippen LogP contribution in [0.2, 0.25) is 0 Å². The minimum Gasteiger partial charge on any atom is -0.381 e. The van der Waals surface area contributed by atoms with Gasteiger partial charge in [0.25, 0.3) is 11.8 Å². The van der Waals surface area contributed by atoms with Crippen LogP contribution in [-0.2, 0) is 20.9 Å². The van der Waals surface area contributed by atoms with Gasteiger partial charge in [-0.15, -0.1) is 0 Å². The summed E-state index contributed by atoms with van der Waals surface area (Å²) in [6, 6.07) is 4.37. The zero-order valence-electron chi connectivity index (χ0n) is 16.9. The molecule has 0 aliphatic carbocycles. The third-order valence-corrected chi connectivity index (χ3v) is 6.32. The number of amides is 4. The fraction of sp³-hybridized carbons (Fsp3) is 0.524. The van der Waals surface area contributed by atoms with E-state index in [9.17, 15) is 19.2 Å². The summed E-state index contributed by atoms with van der Waals surface area (Å²) in [6.45, 7) is 1.75. The van der Waals surface area contributed by atoms with Gasteiger partial charge in [0, 0.05) is 39.2 Å². The molecular weight excluding hydrogens is 388 g/mol. The fourth-order valence-electron chi connectivity index (χ4n) is 4.67. The van der Waals surface area contributed by atoms with E-state index in [1.165, 1.54) is 0 Å². The first-order chi connectivity index (χ1) is 14.4. The van der Waals surface area contributed by atoms with Crippen molar-refractivity contribution in [1.82, 2.24) is 15.1 Å². The number of imide groups is 2. The second-order valence-electron chi connectivity index (χ2n) is 8.03. The van der Waals surface area contributed by atoms with Crippen LogP contribution in [0.1, 0.15) is 52.0 Å². The van der Waals surface area contributed by atoms with Gasteiger partial charge in [0.15, 0.2) is 0 Å². The van der Waals surface area contributed by atoms with Gasteiger partial charge >= 0.3 is 0 Å². The van der Waals surface area contributed by atoms with E-state index in [0.29, 0.717) is 24.2 Å². The number of methoxy groups -OCH3 is 1. The number of carbonyl (C=O) groups is 4. The highest BCUT2D eigenvalue weighted by molar-refractivity contribution is 6.24. The van der Waals surface area contributed by atoms with Gasteiger partial charge in [-0.3, -0.25) is 34.3 Å². The molecule has 4 amide bonds. The Morgan fingerprint density at radius 2 is 1.97 bits per heavy atom.